The van der Waals surface area contributed by atoms with Crippen LogP contribution in [-0.4, -0.2) is 115 Å². The van der Waals surface area contributed by atoms with Gasteiger partial charge in [0, 0.05) is 18.5 Å². The number of benzene rings is 2. The van der Waals surface area contributed by atoms with Crippen LogP contribution in [0, 0.1) is 17.3 Å². The zero-order valence-corrected chi connectivity index (χ0v) is 39.8. The summed E-state index contributed by atoms with van der Waals surface area (Å²) in [5, 5.41) is 24.2. The number of rotatable bonds is 25. The molecule has 0 aromatic heterocycles. The predicted octanol–water partition coefficient (Wildman–Crippen LogP) is 0.291. The smallest absolute Gasteiger partial charge is 0.480 e. The molecule has 0 radical (unpaired) electrons. The van der Waals surface area contributed by atoms with Crippen molar-refractivity contribution < 1.29 is 48.0 Å². The SMILES string of the molecule is CCCCc1ccc(-c2ccc(C(=O)N[C@@H](CN)C(=O)N[C@@H](CCC(=O)N[C@H](C)C(=O)O)C(=O)N[C@@H](N)C(=O)N[C@@H](CCCCN)C(=O)N[C@@H](N)B3O[C@@H]4C[C@@H]5C[C@@H](C5(C)C)[C@]4(C)O3)cc2)cc1. The largest absolute Gasteiger partial charge is 0.497 e. The molecule has 1 aliphatic heterocycles. The molecule has 2 aromatic carbocycles. The number of unbranched alkanes of at least 4 members (excludes halogenated alkanes) is 2. The lowest BCUT2D eigenvalue weighted by molar-refractivity contribution is -0.199. The molecule has 4 aliphatic rings. The van der Waals surface area contributed by atoms with Crippen LogP contribution in [0.5, 0.6) is 0 Å². The molecule has 15 N–H and O–H groups in total. The van der Waals surface area contributed by atoms with E-state index in [-0.39, 0.29) is 42.4 Å². The highest BCUT2D eigenvalue weighted by Crippen LogP contribution is 2.65. The number of carboxylic acid groups (broad SMARTS) is 1. The molecule has 0 spiro atoms. The number of carbonyl (C=O) groups excluding carboxylic acids is 6. The summed E-state index contributed by atoms with van der Waals surface area (Å²) >= 11 is 0. The predicted molar refractivity (Wildman–Crippen MR) is 254 cm³/mol. The summed E-state index contributed by atoms with van der Waals surface area (Å²) in [5.41, 5.74) is 27.1. The van der Waals surface area contributed by atoms with E-state index < -0.39 is 97.0 Å². The fraction of sp³-hybridized carbons (Fsp3) is 0.596. The molecule has 1 saturated heterocycles. The Morgan fingerprint density at radius 1 is 0.750 bits per heavy atom. The van der Waals surface area contributed by atoms with Crippen molar-refractivity contribution in [3.8, 4) is 11.1 Å². The Bertz CT molecular complexity index is 2110. The van der Waals surface area contributed by atoms with Gasteiger partial charge in [-0.15, -0.1) is 0 Å². The van der Waals surface area contributed by atoms with E-state index in [0.29, 0.717) is 25.3 Å². The van der Waals surface area contributed by atoms with Gasteiger partial charge in [0.15, 0.2) is 6.17 Å². The first-order valence-electron chi connectivity index (χ1n) is 23.7. The summed E-state index contributed by atoms with van der Waals surface area (Å²) in [6.45, 7) is 9.81. The first-order chi connectivity index (χ1) is 32.2. The maximum atomic E-state index is 13.8. The second kappa shape index (κ2) is 23.7. The molecule has 0 unspecified atom stereocenters. The maximum absolute atomic E-state index is 13.8. The summed E-state index contributed by atoms with van der Waals surface area (Å²) < 4.78 is 12.6. The van der Waals surface area contributed by atoms with E-state index in [0.717, 1.165) is 43.2 Å². The number of nitrogens with one attached hydrogen (secondary N) is 6. The normalized spacial score (nSPS) is 22.7. The minimum absolute atomic E-state index is 0.0881. The third-order valence-electron chi connectivity index (χ3n) is 13.9. The number of carboxylic acids is 1. The Morgan fingerprint density at radius 3 is 1.96 bits per heavy atom. The number of aliphatic carboxylic acids is 1. The van der Waals surface area contributed by atoms with Crippen LogP contribution >= 0.6 is 0 Å². The fourth-order valence-electron chi connectivity index (χ4n) is 9.45. The number of carbonyl (C=O) groups is 7. The standard InChI is InChI=1S/C47H71BN10O10/c1-6-7-10-27-12-14-28(15-13-27)29-16-18-30(19-17-29)39(60)56-34(25-50)42(63)54-33(20-21-37(59)53-26(2)44(65)66)40(61)57-38(51)43(64)55-32(11-8-9-22-49)41(62)58-45(52)48-67-36-24-31-23-35(46(31,3)4)47(36,5)68-48/h12-19,26,31-36,38,45H,6-11,20-25,49-52H2,1-5H3,(H,53,59)(H,54,63)(H,55,64)(H,56,60)(H,57,61)(H,58,62)(H,65,66)/t26-,31+,32+,33+,34+,35+,36-,38-,45-,47+/m1/s1. The lowest BCUT2D eigenvalue weighted by Crippen LogP contribution is -2.65. The third kappa shape index (κ3) is 13.2. The molecule has 10 atom stereocenters. The molecule has 2 aromatic rings. The molecule has 2 bridgehead atoms. The summed E-state index contributed by atoms with van der Waals surface area (Å²) in [6, 6.07) is 8.55. The van der Waals surface area contributed by atoms with Crippen LogP contribution in [0.25, 0.3) is 11.1 Å². The highest BCUT2D eigenvalue weighted by Gasteiger charge is 2.68. The minimum Gasteiger partial charge on any atom is -0.480 e. The van der Waals surface area contributed by atoms with Gasteiger partial charge in [-0.3, -0.25) is 33.6 Å². The average Bonchev–Trinajstić information content (AvgIpc) is 3.68. The number of hydrogen-bond donors (Lipinski definition) is 11. The Kier molecular flexibility index (Phi) is 18.7. The van der Waals surface area contributed by atoms with E-state index in [1.165, 1.54) is 12.5 Å². The Balaban J connectivity index is 1.21. The number of aryl methyl sites for hydroxylation is 1. The lowest BCUT2D eigenvalue weighted by atomic mass is 9.43. The third-order valence-corrected chi connectivity index (χ3v) is 13.9. The van der Waals surface area contributed by atoms with E-state index in [1.807, 2.05) is 19.1 Å². The molecule has 4 fully saturated rings. The second-order valence-electron chi connectivity index (χ2n) is 19.1. The van der Waals surface area contributed by atoms with Gasteiger partial charge in [-0.1, -0.05) is 63.6 Å². The topological polar surface area (TPSA) is 334 Å². The zero-order chi connectivity index (χ0) is 49.9. The van der Waals surface area contributed by atoms with E-state index in [2.05, 4.69) is 64.8 Å². The van der Waals surface area contributed by atoms with Gasteiger partial charge >= 0.3 is 13.1 Å². The summed E-state index contributed by atoms with van der Waals surface area (Å²) in [6.07, 6.45) is 3.36. The van der Waals surface area contributed by atoms with Crippen LogP contribution < -0.4 is 54.8 Å². The van der Waals surface area contributed by atoms with E-state index in [4.69, 9.17) is 32.2 Å². The molecule has 20 nitrogen and oxygen atoms in total. The molecule has 21 heteroatoms. The molecule has 3 saturated carbocycles. The Morgan fingerprint density at radius 2 is 1.35 bits per heavy atom. The molecular formula is C47H71BN10O10. The van der Waals surface area contributed by atoms with E-state index in [9.17, 15) is 38.7 Å². The van der Waals surface area contributed by atoms with E-state index in [1.54, 1.807) is 24.3 Å². The number of amides is 6. The lowest BCUT2D eigenvalue weighted by Gasteiger charge is -2.64. The first-order valence-corrected chi connectivity index (χ1v) is 23.7. The summed E-state index contributed by atoms with van der Waals surface area (Å²) in [7, 11) is -0.935. The second-order valence-corrected chi connectivity index (χ2v) is 19.1. The van der Waals surface area contributed by atoms with Gasteiger partial charge in [0.2, 0.25) is 23.6 Å². The first kappa shape index (κ1) is 53.5. The molecule has 1 heterocycles. The molecule has 68 heavy (non-hydrogen) atoms. The fourth-order valence-corrected chi connectivity index (χ4v) is 9.45. The van der Waals surface area contributed by atoms with Crippen molar-refractivity contribution in [1.29, 1.82) is 0 Å². The van der Waals surface area contributed by atoms with Gasteiger partial charge in [0.05, 0.1) is 11.7 Å². The Hall–Kier alpha value is -5.45. The van der Waals surface area contributed by atoms with Crippen LogP contribution in [0.15, 0.2) is 48.5 Å². The van der Waals surface area contributed by atoms with Gasteiger partial charge < -0.3 is 69.3 Å². The van der Waals surface area contributed by atoms with Crippen LogP contribution in [0.3, 0.4) is 0 Å². The van der Waals surface area contributed by atoms with Crippen molar-refractivity contribution in [3.63, 3.8) is 0 Å². The highest BCUT2D eigenvalue weighted by molar-refractivity contribution is 6.47. The van der Waals surface area contributed by atoms with Crippen molar-refractivity contribution in [1.82, 2.24) is 31.9 Å². The number of nitrogens with two attached hydrogens (primary N) is 4. The van der Waals surface area contributed by atoms with Gasteiger partial charge in [-0.05, 0) is 118 Å². The molecule has 3 aliphatic carbocycles. The van der Waals surface area contributed by atoms with Crippen LogP contribution in [0.2, 0.25) is 0 Å². The van der Waals surface area contributed by atoms with Gasteiger partial charge in [-0.2, -0.15) is 0 Å². The van der Waals surface area contributed by atoms with Crippen molar-refractivity contribution >= 4 is 48.5 Å². The van der Waals surface area contributed by atoms with Crippen LogP contribution in [-0.2, 0) is 44.5 Å². The molecule has 6 rings (SSSR count). The highest BCUT2D eigenvalue weighted by atomic mass is 16.7. The van der Waals surface area contributed by atoms with Crippen molar-refractivity contribution in [2.24, 2.45) is 40.2 Å². The molecule has 372 valence electrons. The van der Waals surface area contributed by atoms with Gasteiger partial charge in [0.1, 0.15) is 30.2 Å². The summed E-state index contributed by atoms with van der Waals surface area (Å²) in [5.74, 6) is -5.42. The quantitative estimate of drug-likeness (QED) is 0.0362. The van der Waals surface area contributed by atoms with Gasteiger partial charge in [-0.25, -0.2) is 0 Å². The summed E-state index contributed by atoms with van der Waals surface area (Å²) in [4.78, 5) is 92.0. The number of hydrogen-bond acceptors (Lipinski definition) is 13. The van der Waals surface area contributed by atoms with Crippen molar-refractivity contribution in [3.05, 3.63) is 59.7 Å². The van der Waals surface area contributed by atoms with E-state index >= 15 is 0 Å². The van der Waals surface area contributed by atoms with Crippen LogP contribution in [0.4, 0.5) is 0 Å². The zero-order valence-electron chi connectivity index (χ0n) is 39.8. The average molecular weight is 947 g/mol. The molecular weight excluding hydrogens is 875 g/mol. The minimum atomic E-state index is -1.77. The monoisotopic (exact) mass is 947 g/mol. The Labute approximate surface area is 398 Å². The molecule has 6 amide bonds. The maximum Gasteiger partial charge on any atom is 0.497 e. The van der Waals surface area contributed by atoms with Crippen molar-refractivity contribution in [2.45, 2.75) is 147 Å². The van der Waals surface area contributed by atoms with Crippen LogP contribution in [0.1, 0.15) is 108 Å². The van der Waals surface area contributed by atoms with Crippen molar-refractivity contribution in [2.75, 3.05) is 13.1 Å². The van der Waals surface area contributed by atoms with Gasteiger partial charge in [0.25, 0.3) is 11.8 Å².